The van der Waals surface area contributed by atoms with Gasteiger partial charge in [0.05, 0.1) is 16.0 Å². The summed E-state index contributed by atoms with van der Waals surface area (Å²) >= 11 is 7.18. The molecule has 0 saturated heterocycles. The maximum absolute atomic E-state index is 13.4. The molecule has 3 rings (SSSR count). The number of nitrogens with two attached hydrogens (primary N) is 1. The smallest absolute Gasteiger partial charge is 0.237 e. The van der Waals surface area contributed by atoms with Gasteiger partial charge in [0.15, 0.2) is 5.82 Å². The van der Waals surface area contributed by atoms with Gasteiger partial charge in [-0.05, 0) is 31.2 Å². The van der Waals surface area contributed by atoms with E-state index in [9.17, 15) is 9.18 Å². The molecule has 6 nitrogen and oxygen atoms in total. The first-order chi connectivity index (χ1) is 12.5. The minimum absolute atomic E-state index is 0.251. The number of anilines is 1. The lowest BCUT2D eigenvalue weighted by Gasteiger charge is -2.12. The number of carbonyl (C=O) groups excluding carboxylic acids is 1. The summed E-state index contributed by atoms with van der Waals surface area (Å²) < 4.78 is 14.6. The third-order valence-electron chi connectivity index (χ3n) is 3.53. The van der Waals surface area contributed by atoms with Gasteiger partial charge in [0.25, 0.3) is 0 Å². The molecule has 0 radical (unpaired) electrons. The van der Waals surface area contributed by atoms with Gasteiger partial charge >= 0.3 is 0 Å². The molecule has 1 atom stereocenters. The fraction of sp³-hybridized carbons (Fsp3) is 0.118. The summed E-state index contributed by atoms with van der Waals surface area (Å²) in [5, 5.41) is 11.0. The highest BCUT2D eigenvalue weighted by Crippen LogP contribution is 2.27. The van der Waals surface area contributed by atoms with Crippen LogP contribution in [-0.2, 0) is 4.79 Å². The van der Waals surface area contributed by atoms with Gasteiger partial charge in [0.1, 0.15) is 5.82 Å². The molecule has 3 aromatic rings. The Labute approximate surface area is 158 Å². The van der Waals surface area contributed by atoms with Crippen molar-refractivity contribution < 1.29 is 9.18 Å². The number of aromatic nitrogens is 3. The van der Waals surface area contributed by atoms with Gasteiger partial charge in [-0.15, -0.1) is 10.2 Å². The van der Waals surface area contributed by atoms with Crippen molar-refractivity contribution in [3.05, 3.63) is 59.4 Å². The van der Waals surface area contributed by atoms with E-state index in [0.717, 1.165) is 11.8 Å². The maximum atomic E-state index is 13.4. The summed E-state index contributed by atoms with van der Waals surface area (Å²) in [6.07, 6.45) is 0. The van der Waals surface area contributed by atoms with Crippen molar-refractivity contribution in [3.63, 3.8) is 0 Å². The van der Waals surface area contributed by atoms with Gasteiger partial charge in [-0.2, -0.15) is 0 Å². The second-order valence-corrected chi connectivity index (χ2v) is 7.13. The number of halogens is 2. The van der Waals surface area contributed by atoms with Crippen LogP contribution >= 0.6 is 23.4 Å². The van der Waals surface area contributed by atoms with Crippen LogP contribution in [0.3, 0.4) is 0 Å². The first kappa shape index (κ1) is 18.2. The number of hydrogen-bond donors (Lipinski definition) is 2. The third kappa shape index (κ3) is 3.97. The molecule has 0 fully saturated rings. The molecule has 0 spiro atoms. The van der Waals surface area contributed by atoms with Crippen LogP contribution in [-0.4, -0.2) is 26.0 Å². The van der Waals surface area contributed by atoms with Crippen molar-refractivity contribution in [2.24, 2.45) is 0 Å². The molecule has 0 aliphatic rings. The summed E-state index contributed by atoms with van der Waals surface area (Å²) in [4.78, 5) is 12.4. The van der Waals surface area contributed by atoms with Gasteiger partial charge in [-0.25, -0.2) is 9.07 Å². The second kappa shape index (κ2) is 7.76. The SMILES string of the molecule is C[C@@H](Sc1nnc(-c2cccc(F)c2)n1N)C(=O)Nc1ccccc1Cl. The van der Waals surface area contributed by atoms with Crippen molar-refractivity contribution >= 4 is 35.0 Å². The minimum Gasteiger partial charge on any atom is -0.335 e. The lowest BCUT2D eigenvalue weighted by atomic mass is 10.2. The average molecular weight is 392 g/mol. The minimum atomic E-state index is -0.502. The topological polar surface area (TPSA) is 85.8 Å². The molecule has 9 heteroatoms. The Morgan fingerprint density at radius 1 is 1.27 bits per heavy atom. The van der Waals surface area contributed by atoms with Crippen molar-refractivity contribution in [1.29, 1.82) is 0 Å². The van der Waals surface area contributed by atoms with Crippen LogP contribution in [0.1, 0.15) is 6.92 Å². The Kier molecular flexibility index (Phi) is 5.43. The monoisotopic (exact) mass is 391 g/mol. The molecular formula is C17H15ClFN5OS. The summed E-state index contributed by atoms with van der Waals surface area (Å²) in [6.45, 7) is 1.72. The standard InChI is InChI=1S/C17H15ClFN5OS/c1-10(16(25)21-14-8-3-2-7-13(14)18)26-17-23-22-15(24(17)20)11-5-4-6-12(19)9-11/h2-10H,20H2,1H3,(H,21,25)/t10-/m1/s1. The van der Waals surface area contributed by atoms with E-state index in [1.165, 1.54) is 16.8 Å². The second-order valence-electron chi connectivity index (χ2n) is 5.42. The van der Waals surface area contributed by atoms with Gasteiger partial charge < -0.3 is 11.2 Å². The van der Waals surface area contributed by atoms with Crippen LogP contribution in [0.15, 0.2) is 53.7 Å². The molecule has 3 N–H and O–H groups in total. The lowest BCUT2D eigenvalue weighted by Crippen LogP contribution is -2.23. The highest BCUT2D eigenvalue weighted by atomic mass is 35.5. The predicted molar refractivity (Wildman–Crippen MR) is 101 cm³/mol. The van der Waals surface area contributed by atoms with Crippen LogP contribution in [0.2, 0.25) is 5.02 Å². The Hall–Kier alpha value is -2.58. The Bertz CT molecular complexity index is 948. The number of thioether (sulfide) groups is 1. The van der Waals surface area contributed by atoms with E-state index >= 15 is 0 Å². The molecule has 1 aromatic heterocycles. The first-order valence-electron chi connectivity index (χ1n) is 7.64. The van der Waals surface area contributed by atoms with Gasteiger partial charge in [0.2, 0.25) is 11.1 Å². The molecule has 0 aliphatic carbocycles. The first-order valence-corrected chi connectivity index (χ1v) is 8.90. The number of para-hydroxylation sites is 1. The highest BCUT2D eigenvalue weighted by Gasteiger charge is 2.20. The average Bonchev–Trinajstić information content (AvgIpc) is 2.97. The number of hydrogen-bond acceptors (Lipinski definition) is 5. The van der Waals surface area contributed by atoms with Gasteiger partial charge in [-0.1, -0.05) is 47.6 Å². The molecular weight excluding hydrogens is 377 g/mol. The zero-order chi connectivity index (χ0) is 18.7. The van der Waals surface area contributed by atoms with E-state index < -0.39 is 11.1 Å². The van der Waals surface area contributed by atoms with E-state index in [-0.39, 0.29) is 5.91 Å². The summed E-state index contributed by atoms with van der Waals surface area (Å²) in [5.74, 6) is 5.67. The Morgan fingerprint density at radius 2 is 2.04 bits per heavy atom. The van der Waals surface area contributed by atoms with E-state index in [1.807, 2.05) is 0 Å². The molecule has 0 bridgehead atoms. The molecule has 0 saturated carbocycles. The number of nitrogens with zero attached hydrogens (tertiary/aromatic N) is 3. The number of benzene rings is 2. The molecule has 1 amide bonds. The largest absolute Gasteiger partial charge is 0.335 e. The normalized spacial score (nSPS) is 12.0. The van der Waals surface area contributed by atoms with Gasteiger partial charge in [0, 0.05) is 5.56 Å². The number of nitrogen functional groups attached to an aromatic ring is 1. The maximum Gasteiger partial charge on any atom is 0.237 e. The van der Waals surface area contributed by atoms with Crippen LogP contribution in [0.5, 0.6) is 0 Å². The zero-order valence-electron chi connectivity index (χ0n) is 13.7. The van der Waals surface area contributed by atoms with E-state index in [2.05, 4.69) is 15.5 Å². The summed E-state index contributed by atoms with van der Waals surface area (Å²) in [7, 11) is 0. The fourth-order valence-electron chi connectivity index (χ4n) is 2.19. The fourth-order valence-corrected chi connectivity index (χ4v) is 3.14. The zero-order valence-corrected chi connectivity index (χ0v) is 15.3. The van der Waals surface area contributed by atoms with E-state index in [4.69, 9.17) is 17.4 Å². The molecule has 26 heavy (non-hydrogen) atoms. The van der Waals surface area contributed by atoms with Gasteiger partial charge in [-0.3, -0.25) is 4.79 Å². The third-order valence-corrected chi connectivity index (χ3v) is 4.92. The quantitative estimate of drug-likeness (QED) is 0.513. The predicted octanol–water partition coefficient (Wildman–Crippen LogP) is 3.57. The van der Waals surface area contributed by atoms with Crippen LogP contribution in [0, 0.1) is 5.82 Å². The van der Waals surface area contributed by atoms with Crippen molar-refractivity contribution in [3.8, 4) is 11.4 Å². The summed E-state index contributed by atoms with van der Waals surface area (Å²) in [6, 6.07) is 12.8. The molecule has 134 valence electrons. The molecule has 1 heterocycles. The van der Waals surface area contributed by atoms with Crippen LogP contribution in [0.25, 0.3) is 11.4 Å². The Balaban J connectivity index is 1.73. The van der Waals surface area contributed by atoms with Crippen LogP contribution in [0.4, 0.5) is 10.1 Å². The summed E-state index contributed by atoms with van der Waals surface area (Å²) in [5.41, 5.74) is 1.03. The van der Waals surface area contributed by atoms with Crippen molar-refractivity contribution in [2.45, 2.75) is 17.3 Å². The van der Waals surface area contributed by atoms with Crippen LogP contribution < -0.4 is 11.2 Å². The molecule has 0 aliphatic heterocycles. The number of carbonyl (C=O) groups is 1. The number of amides is 1. The van der Waals surface area contributed by atoms with Crippen molar-refractivity contribution in [2.75, 3.05) is 11.2 Å². The molecule has 2 aromatic carbocycles. The van der Waals surface area contributed by atoms with E-state index in [1.54, 1.807) is 43.3 Å². The van der Waals surface area contributed by atoms with E-state index in [0.29, 0.717) is 27.3 Å². The molecule has 0 unspecified atom stereocenters. The Morgan fingerprint density at radius 3 is 2.77 bits per heavy atom. The lowest BCUT2D eigenvalue weighted by molar-refractivity contribution is -0.115. The highest BCUT2D eigenvalue weighted by molar-refractivity contribution is 8.00. The number of rotatable bonds is 5. The number of nitrogens with one attached hydrogen (secondary N) is 1. The van der Waals surface area contributed by atoms with Crippen molar-refractivity contribution in [1.82, 2.24) is 14.9 Å².